The summed E-state index contributed by atoms with van der Waals surface area (Å²) >= 11 is 0. The Hall–Kier alpha value is -3.36. The molecule has 0 saturated carbocycles. The fraction of sp³-hybridized carbons (Fsp3) is 0.0952. The molecule has 29 heavy (non-hydrogen) atoms. The molecule has 148 valence electrons. The van der Waals surface area contributed by atoms with E-state index in [4.69, 9.17) is 9.15 Å². The Morgan fingerprint density at radius 3 is 2.55 bits per heavy atom. The summed E-state index contributed by atoms with van der Waals surface area (Å²) in [5.74, 6) is 0.953. The van der Waals surface area contributed by atoms with Crippen LogP contribution in [0.2, 0.25) is 0 Å². The zero-order valence-corrected chi connectivity index (χ0v) is 16.1. The van der Waals surface area contributed by atoms with E-state index in [2.05, 4.69) is 10.0 Å². The van der Waals surface area contributed by atoms with Crippen molar-refractivity contribution < 1.29 is 22.4 Å². The fourth-order valence-corrected chi connectivity index (χ4v) is 3.83. The van der Waals surface area contributed by atoms with E-state index >= 15 is 0 Å². The monoisotopic (exact) mass is 410 g/mol. The van der Waals surface area contributed by atoms with Crippen LogP contribution < -0.4 is 14.8 Å². The fourth-order valence-electron chi connectivity index (χ4n) is 2.84. The van der Waals surface area contributed by atoms with Gasteiger partial charge >= 0.3 is 0 Å². The number of carbonyl (C=O) groups is 1. The molecular weight excluding hydrogens is 392 g/mol. The van der Waals surface area contributed by atoms with Crippen molar-refractivity contribution in [3.63, 3.8) is 0 Å². The Morgan fingerprint density at radius 2 is 1.79 bits per heavy atom. The standard InChI is InChI=1S/C21H18N2O5S/c24-21(16-12-15-4-1-2-6-20(15)28-14-16)23-17-7-9-19(10-8-17)29(25,26)22-13-18-5-3-11-27-18/h1-12,22H,13-14H2,(H,23,24). The second-order valence-electron chi connectivity index (χ2n) is 6.38. The molecule has 2 heterocycles. The summed E-state index contributed by atoms with van der Waals surface area (Å²) in [5, 5.41) is 2.76. The van der Waals surface area contributed by atoms with Gasteiger partial charge in [0.2, 0.25) is 10.0 Å². The summed E-state index contributed by atoms with van der Waals surface area (Å²) in [7, 11) is -3.69. The molecule has 0 bridgehead atoms. The molecule has 1 amide bonds. The molecule has 3 aromatic rings. The van der Waals surface area contributed by atoms with Crippen molar-refractivity contribution in [1.29, 1.82) is 0 Å². The summed E-state index contributed by atoms with van der Waals surface area (Å²) < 4.78 is 37.9. The third-order valence-electron chi connectivity index (χ3n) is 4.36. The van der Waals surface area contributed by atoms with Crippen LogP contribution in [-0.4, -0.2) is 20.9 Å². The van der Waals surface area contributed by atoms with Crippen LogP contribution in [-0.2, 0) is 21.4 Å². The van der Waals surface area contributed by atoms with Gasteiger partial charge in [-0.25, -0.2) is 13.1 Å². The number of sulfonamides is 1. The largest absolute Gasteiger partial charge is 0.488 e. The molecule has 2 aromatic carbocycles. The molecular formula is C21H18N2O5S. The van der Waals surface area contributed by atoms with E-state index in [0.29, 0.717) is 17.0 Å². The quantitative estimate of drug-likeness (QED) is 0.651. The highest BCUT2D eigenvalue weighted by Crippen LogP contribution is 2.26. The first kappa shape index (κ1) is 19.0. The number of rotatable bonds is 6. The van der Waals surface area contributed by atoms with E-state index in [1.165, 1.54) is 30.5 Å². The molecule has 2 N–H and O–H groups in total. The van der Waals surface area contributed by atoms with Crippen molar-refractivity contribution in [1.82, 2.24) is 4.72 Å². The van der Waals surface area contributed by atoms with Crippen LogP contribution in [0.15, 0.2) is 81.8 Å². The lowest BCUT2D eigenvalue weighted by molar-refractivity contribution is -0.113. The van der Waals surface area contributed by atoms with E-state index in [0.717, 1.165) is 11.3 Å². The predicted octanol–water partition coefficient (Wildman–Crippen LogP) is 3.17. The summed E-state index contributed by atoms with van der Waals surface area (Å²) in [5.41, 5.74) is 1.81. The molecule has 0 aliphatic carbocycles. The maximum absolute atomic E-state index is 12.5. The number of furan rings is 1. The smallest absolute Gasteiger partial charge is 0.255 e. The SMILES string of the molecule is O=C(Nc1ccc(S(=O)(=O)NCc2ccco2)cc1)C1=Cc2ccccc2OC1. The van der Waals surface area contributed by atoms with E-state index in [1.807, 2.05) is 24.3 Å². The Morgan fingerprint density at radius 1 is 1.00 bits per heavy atom. The molecule has 7 nitrogen and oxygen atoms in total. The molecule has 0 saturated heterocycles. The van der Waals surface area contributed by atoms with Crippen molar-refractivity contribution in [2.75, 3.05) is 11.9 Å². The van der Waals surface area contributed by atoms with Crippen LogP contribution in [0.4, 0.5) is 5.69 Å². The van der Waals surface area contributed by atoms with E-state index in [1.54, 1.807) is 18.2 Å². The first-order chi connectivity index (χ1) is 14.0. The van der Waals surface area contributed by atoms with Crippen molar-refractivity contribution in [2.45, 2.75) is 11.4 Å². The highest BCUT2D eigenvalue weighted by Gasteiger charge is 2.18. The highest BCUT2D eigenvalue weighted by molar-refractivity contribution is 7.89. The average molecular weight is 410 g/mol. The normalized spacial score (nSPS) is 13.2. The van der Waals surface area contributed by atoms with Crippen LogP contribution in [0.1, 0.15) is 11.3 Å². The first-order valence-corrected chi connectivity index (χ1v) is 10.4. The summed E-state index contributed by atoms with van der Waals surface area (Å²) in [6.07, 6.45) is 3.26. The number of ether oxygens (including phenoxy) is 1. The minimum atomic E-state index is -3.69. The van der Waals surface area contributed by atoms with Crippen LogP contribution in [0.5, 0.6) is 5.75 Å². The Kier molecular flexibility index (Phi) is 5.20. The minimum Gasteiger partial charge on any atom is -0.488 e. The summed E-state index contributed by atoms with van der Waals surface area (Å²) in [4.78, 5) is 12.6. The predicted molar refractivity (Wildman–Crippen MR) is 108 cm³/mol. The number of benzene rings is 2. The van der Waals surface area contributed by atoms with Crippen LogP contribution >= 0.6 is 0 Å². The first-order valence-electron chi connectivity index (χ1n) is 8.87. The number of hydrogen-bond acceptors (Lipinski definition) is 5. The van der Waals surface area contributed by atoms with Gasteiger partial charge in [-0.3, -0.25) is 4.79 Å². The Bertz CT molecular complexity index is 1150. The number of carbonyl (C=O) groups excluding carboxylic acids is 1. The van der Waals surface area contributed by atoms with Crippen molar-refractivity contribution in [3.05, 3.63) is 83.8 Å². The number of anilines is 1. The third-order valence-corrected chi connectivity index (χ3v) is 5.78. The van der Waals surface area contributed by atoms with Crippen molar-refractivity contribution in [3.8, 4) is 5.75 Å². The van der Waals surface area contributed by atoms with Gasteiger partial charge in [0.1, 0.15) is 18.1 Å². The van der Waals surface area contributed by atoms with E-state index in [9.17, 15) is 13.2 Å². The van der Waals surface area contributed by atoms with Gasteiger partial charge in [-0.05, 0) is 48.5 Å². The van der Waals surface area contributed by atoms with Gasteiger partial charge in [0, 0.05) is 11.3 Å². The zero-order valence-electron chi connectivity index (χ0n) is 15.3. The molecule has 0 radical (unpaired) electrons. The molecule has 0 fully saturated rings. The molecule has 8 heteroatoms. The second-order valence-corrected chi connectivity index (χ2v) is 8.15. The van der Waals surface area contributed by atoms with Crippen molar-refractivity contribution >= 4 is 27.7 Å². The van der Waals surface area contributed by atoms with Crippen LogP contribution in [0.3, 0.4) is 0 Å². The van der Waals surface area contributed by atoms with Crippen LogP contribution in [0, 0.1) is 0 Å². The molecule has 1 aliphatic heterocycles. The molecule has 0 unspecified atom stereocenters. The maximum atomic E-state index is 12.5. The van der Waals surface area contributed by atoms with Crippen LogP contribution in [0.25, 0.3) is 6.08 Å². The average Bonchev–Trinajstić information content (AvgIpc) is 3.26. The third kappa shape index (κ3) is 4.39. The second kappa shape index (κ2) is 7.94. The lowest BCUT2D eigenvalue weighted by Crippen LogP contribution is -2.23. The maximum Gasteiger partial charge on any atom is 0.255 e. The highest BCUT2D eigenvalue weighted by atomic mass is 32.2. The molecule has 0 atom stereocenters. The molecule has 0 spiro atoms. The number of fused-ring (bicyclic) bond motifs is 1. The van der Waals surface area contributed by atoms with Crippen molar-refractivity contribution in [2.24, 2.45) is 0 Å². The summed E-state index contributed by atoms with van der Waals surface area (Å²) in [6.45, 7) is 0.232. The van der Waals surface area contributed by atoms with E-state index < -0.39 is 10.0 Å². The molecule has 1 aromatic heterocycles. The van der Waals surface area contributed by atoms with Gasteiger partial charge in [0.15, 0.2) is 0 Å². The van der Waals surface area contributed by atoms with Gasteiger partial charge in [0.25, 0.3) is 5.91 Å². The van der Waals surface area contributed by atoms with Gasteiger partial charge in [0.05, 0.1) is 23.3 Å². The van der Waals surface area contributed by atoms with Gasteiger partial charge in [-0.2, -0.15) is 0 Å². The minimum absolute atomic E-state index is 0.0590. The Balaban J connectivity index is 1.42. The summed E-state index contributed by atoms with van der Waals surface area (Å²) in [6, 6.07) is 16.8. The van der Waals surface area contributed by atoms with Gasteiger partial charge < -0.3 is 14.5 Å². The number of amides is 1. The zero-order chi connectivity index (χ0) is 20.3. The lowest BCUT2D eigenvalue weighted by atomic mass is 10.1. The van der Waals surface area contributed by atoms with Gasteiger partial charge in [-0.15, -0.1) is 0 Å². The topological polar surface area (TPSA) is 97.6 Å². The van der Waals surface area contributed by atoms with E-state index in [-0.39, 0.29) is 24.0 Å². The molecule has 4 rings (SSSR count). The number of hydrogen-bond donors (Lipinski definition) is 2. The van der Waals surface area contributed by atoms with Gasteiger partial charge in [-0.1, -0.05) is 18.2 Å². The lowest BCUT2D eigenvalue weighted by Gasteiger charge is -2.17. The molecule has 1 aliphatic rings. The Labute approximate surface area is 168 Å². The number of para-hydroxylation sites is 1. The number of nitrogens with one attached hydrogen (secondary N) is 2.